The van der Waals surface area contributed by atoms with Crippen LogP contribution in [0.2, 0.25) is 0 Å². The highest BCUT2D eigenvalue weighted by Crippen LogP contribution is 2.19. The smallest absolute Gasteiger partial charge is 0.118 e. The van der Waals surface area contributed by atoms with Crippen LogP contribution in [0.15, 0.2) is 59.7 Å². The van der Waals surface area contributed by atoms with Gasteiger partial charge in [-0.15, -0.1) is 0 Å². The summed E-state index contributed by atoms with van der Waals surface area (Å²) < 4.78 is 5.18. The number of hydrogen-bond donors (Lipinski definition) is 0. The van der Waals surface area contributed by atoms with Crippen molar-refractivity contribution in [2.75, 3.05) is 7.11 Å². The van der Waals surface area contributed by atoms with Gasteiger partial charge in [0.2, 0.25) is 0 Å². The highest BCUT2D eigenvalue weighted by Gasteiger charge is 2.05. The van der Waals surface area contributed by atoms with Gasteiger partial charge in [-0.25, -0.2) is 0 Å². The third-order valence-electron chi connectivity index (χ3n) is 3.52. The summed E-state index contributed by atoms with van der Waals surface area (Å²) in [6.45, 7) is 8.64. The Morgan fingerprint density at radius 1 is 1.15 bits per heavy atom. The van der Waals surface area contributed by atoms with Gasteiger partial charge < -0.3 is 4.74 Å². The van der Waals surface area contributed by atoms with Gasteiger partial charge >= 0.3 is 0 Å². The molecule has 0 aliphatic heterocycles. The molecule has 0 heterocycles. The molecule has 20 heavy (non-hydrogen) atoms. The summed E-state index contributed by atoms with van der Waals surface area (Å²) >= 11 is 0. The van der Waals surface area contributed by atoms with Crippen LogP contribution in [-0.2, 0) is 6.42 Å². The number of methoxy groups -OCH3 is 1. The molecule has 1 rings (SSSR count). The van der Waals surface area contributed by atoms with Gasteiger partial charge in [0.25, 0.3) is 0 Å². The second kappa shape index (κ2) is 8.42. The molecule has 108 valence electrons. The Morgan fingerprint density at radius 3 is 2.35 bits per heavy atom. The monoisotopic (exact) mass is 270 g/mol. The van der Waals surface area contributed by atoms with Crippen LogP contribution in [0, 0.1) is 5.92 Å². The fraction of sp³-hybridized carbons (Fsp3) is 0.368. The van der Waals surface area contributed by atoms with E-state index in [1.54, 1.807) is 7.11 Å². The summed E-state index contributed by atoms with van der Waals surface area (Å²) in [4.78, 5) is 0. The van der Waals surface area contributed by atoms with Gasteiger partial charge in [0.1, 0.15) is 5.75 Å². The summed E-state index contributed by atoms with van der Waals surface area (Å²) in [5.41, 5.74) is 4.04. The van der Waals surface area contributed by atoms with Crippen LogP contribution in [0.1, 0.15) is 33.3 Å². The topological polar surface area (TPSA) is 9.23 Å². The molecule has 0 aromatic heterocycles. The third kappa shape index (κ3) is 5.48. The largest absolute Gasteiger partial charge is 0.497 e. The molecular weight excluding hydrogens is 244 g/mol. The highest BCUT2D eigenvalue weighted by molar-refractivity contribution is 5.29. The molecule has 0 saturated heterocycles. The summed E-state index contributed by atoms with van der Waals surface area (Å²) in [5, 5.41) is 0. The normalized spacial score (nSPS) is 14.7. The summed E-state index contributed by atoms with van der Waals surface area (Å²) in [6, 6.07) is 8.33. The van der Waals surface area contributed by atoms with Crippen LogP contribution in [0.3, 0.4) is 0 Å². The summed E-state index contributed by atoms with van der Waals surface area (Å²) in [5.74, 6) is 1.46. The third-order valence-corrected chi connectivity index (χ3v) is 3.52. The maximum atomic E-state index is 5.18. The van der Waals surface area contributed by atoms with Crippen molar-refractivity contribution in [2.24, 2.45) is 5.92 Å². The van der Waals surface area contributed by atoms with E-state index in [0.717, 1.165) is 12.2 Å². The molecule has 1 aromatic rings. The van der Waals surface area contributed by atoms with Gasteiger partial charge in [-0.1, -0.05) is 54.5 Å². The van der Waals surface area contributed by atoms with Gasteiger partial charge in [-0.3, -0.25) is 0 Å². The minimum absolute atomic E-state index is 0.540. The first-order chi connectivity index (χ1) is 9.56. The lowest BCUT2D eigenvalue weighted by Crippen LogP contribution is -2.01. The van der Waals surface area contributed by atoms with Crippen LogP contribution in [0.5, 0.6) is 5.75 Å². The molecule has 0 spiro atoms. The van der Waals surface area contributed by atoms with Gasteiger partial charge in [-0.05, 0) is 50.8 Å². The molecule has 1 unspecified atom stereocenters. The summed E-state index contributed by atoms with van der Waals surface area (Å²) in [7, 11) is 1.70. The van der Waals surface area contributed by atoms with E-state index in [1.165, 1.54) is 16.7 Å². The number of benzene rings is 1. The highest BCUT2D eigenvalue weighted by atomic mass is 16.5. The van der Waals surface area contributed by atoms with Crippen molar-refractivity contribution in [3.8, 4) is 5.75 Å². The molecule has 0 amide bonds. The minimum Gasteiger partial charge on any atom is -0.497 e. The molecule has 1 atom stereocenters. The first kappa shape index (κ1) is 16.3. The molecule has 0 fully saturated rings. The molecule has 1 aromatic carbocycles. The molecule has 1 nitrogen and oxygen atoms in total. The van der Waals surface area contributed by atoms with E-state index < -0.39 is 0 Å². The zero-order valence-electron chi connectivity index (χ0n) is 13.3. The second-order valence-electron chi connectivity index (χ2n) is 5.27. The lowest BCUT2D eigenvalue weighted by atomic mass is 9.94. The van der Waals surface area contributed by atoms with Crippen molar-refractivity contribution >= 4 is 0 Å². The van der Waals surface area contributed by atoms with E-state index in [9.17, 15) is 0 Å². The van der Waals surface area contributed by atoms with Crippen molar-refractivity contribution in [1.29, 1.82) is 0 Å². The second-order valence-corrected chi connectivity index (χ2v) is 5.27. The van der Waals surface area contributed by atoms with Crippen LogP contribution in [0.4, 0.5) is 0 Å². The standard InChI is InChI=1S/C19H26O/c1-6-7-15(2)8-9-16(3)17(4)14-18-10-12-19(20-5)13-11-18/h6-13,17H,14H2,1-5H3/b7-6-,15-8-,16-9+. The van der Waals surface area contributed by atoms with Gasteiger partial charge in [-0.2, -0.15) is 0 Å². The Bertz CT molecular complexity index is 489. The van der Waals surface area contributed by atoms with Crippen LogP contribution >= 0.6 is 0 Å². The zero-order valence-corrected chi connectivity index (χ0v) is 13.3. The SMILES string of the molecule is C\C=C/C(C)=C\C=C(/C)C(C)Cc1ccc(OC)cc1. The predicted octanol–water partition coefficient (Wildman–Crippen LogP) is 5.34. The van der Waals surface area contributed by atoms with Crippen molar-refractivity contribution < 1.29 is 4.74 Å². The van der Waals surface area contributed by atoms with Crippen LogP contribution in [0.25, 0.3) is 0 Å². The summed E-state index contributed by atoms with van der Waals surface area (Å²) in [6.07, 6.45) is 9.65. The Hall–Kier alpha value is -1.76. The zero-order chi connectivity index (χ0) is 15.0. The number of allylic oxidation sites excluding steroid dienone is 6. The maximum Gasteiger partial charge on any atom is 0.118 e. The van der Waals surface area contributed by atoms with Crippen molar-refractivity contribution in [2.45, 2.75) is 34.1 Å². The molecule has 0 bridgehead atoms. The Labute approximate surface area is 123 Å². The molecular formula is C19H26O. The van der Waals surface area contributed by atoms with Crippen molar-refractivity contribution in [3.63, 3.8) is 0 Å². The predicted molar refractivity (Wildman–Crippen MR) is 88.2 cm³/mol. The first-order valence-corrected chi connectivity index (χ1v) is 7.17. The minimum atomic E-state index is 0.540. The molecule has 0 N–H and O–H groups in total. The molecule has 0 aliphatic carbocycles. The maximum absolute atomic E-state index is 5.18. The number of hydrogen-bond acceptors (Lipinski definition) is 1. The van der Waals surface area contributed by atoms with E-state index in [0.29, 0.717) is 5.92 Å². The molecule has 0 saturated carbocycles. The Balaban J connectivity index is 2.67. The fourth-order valence-electron chi connectivity index (χ4n) is 2.02. The van der Waals surface area contributed by atoms with E-state index in [2.05, 4.69) is 57.2 Å². The van der Waals surface area contributed by atoms with E-state index in [-0.39, 0.29) is 0 Å². The molecule has 0 aliphatic rings. The Morgan fingerprint density at radius 2 is 1.80 bits per heavy atom. The van der Waals surface area contributed by atoms with E-state index >= 15 is 0 Å². The first-order valence-electron chi connectivity index (χ1n) is 7.17. The average molecular weight is 270 g/mol. The number of rotatable bonds is 6. The number of ether oxygens (including phenoxy) is 1. The molecule has 0 radical (unpaired) electrons. The van der Waals surface area contributed by atoms with Gasteiger partial charge in [0.05, 0.1) is 7.11 Å². The fourth-order valence-corrected chi connectivity index (χ4v) is 2.02. The quantitative estimate of drug-likeness (QED) is 0.634. The Kier molecular flexibility index (Phi) is 6.86. The lowest BCUT2D eigenvalue weighted by molar-refractivity contribution is 0.414. The van der Waals surface area contributed by atoms with E-state index in [4.69, 9.17) is 4.74 Å². The van der Waals surface area contributed by atoms with Crippen LogP contribution in [-0.4, -0.2) is 7.11 Å². The molecule has 1 heteroatoms. The average Bonchev–Trinajstić information content (AvgIpc) is 2.45. The van der Waals surface area contributed by atoms with Gasteiger partial charge in [0, 0.05) is 0 Å². The lowest BCUT2D eigenvalue weighted by Gasteiger charge is -2.12. The van der Waals surface area contributed by atoms with Crippen molar-refractivity contribution in [1.82, 2.24) is 0 Å². The van der Waals surface area contributed by atoms with Crippen molar-refractivity contribution in [3.05, 3.63) is 65.3 Å². The van der Waals surface area contributed by atoms with Crippen LogP contribution < -0.4 is 4.74 Å². The van der Waals surface area contributed by atoms with E-state index in [1.807, 2.05) is 19.1 Å². The van der Waals surface area contributed by atoms with Gasteiger partial charge in [0.15, 0.2) is 0 Å².